The van der Waals surface area contributed by atoms with E-state index in [9.17, 15) is 0 Å². The van der Waals surface area contributed by atoms with Crippen molar-refractivity contribution in [2.75, 3.05) is 7.05 Å². The number of hydrogen-bond donors (Lipinski definition) is 1. The number of aliphatic imine (C=N–C) groups is 1. The van der Waals surface area contributed by atoms with Crippen LogP contribution in [0.5, 0.6) is 0 Å². The molecule has 0 aliphatic carbocycles. The lowest BCUT2D eigenvalue weighted by molar-refractivity contribution is 1.41. The number of amidine groups is 1. The molecule has 0 amide bonds. The van der Waals surface area contributed by atoms with E-state index in [2.05, 4.69) is 20.9 Å². The summed E-state index contributed by atoms with van der Waals surface area (Å²) < 4.78 is 1.08. The summed E-state index contributed by atoms with van der Waals surface area (Å²) in [4.78, 5) is 4.86. The fourth-order valence-electron chi connectivity index (χ4n) is 0.562. The Balaban J connectivity index is 2.95. The molecule has 0 radical (unpaired) electrons. The molecule has 0 atom stereocenters. The van der Waals surface area contributed by atoms with Crippen molar-refractivity contribution in [2.45, 2.75) is 0 Å². The molecular weight excluding hydrogens is 212 g/mol. The van der Waals surface area contributed by atoms with Crippen LogP contribution in [0.25, 0.3) is 0 Å². The van der Waals surface area contributed by atoms with Crippen LogP contribution in [0.2, 0.25) is 0 Å². The van der Waals surface area contributed by atoms with Gasteiger partial charge in [0.25, 0.3) is 0 Å². The normalized spacial score (nSPS) is 12.0. The van der Waals surface area contributed by atoms with Crippen molar-refractivity contribution in [2.24, 2.45) is 10.7 Å². The van der Waals surface area contributed by atoms with Gasteiger partial charge in [0, 0.05) is 7.05 Å². The molecule has 0 aliphatic rings. The molecule has 0 spiro atoms. The van der Waals surface area contributed by atoms with E-state index >= 15 is 0 Å². The third-order valence-corrected chi connectivity index (χ3v) is 2.71. The Hall–Kier alpha value is -0.350. The number of thiophene rings is 1. The second-order valence-electron chi connectivity index (χ2n) is 1.71. The van der Waals surface area contributed by atoms with Crippen molar-refractivity contribution in [3.8, 4) is 0 Å². The molecule has 0 aliphatic heterocycles. The number of nitrogens with two attached hydrogens (primary N) is 1. The Kier molecular flexibility index (Phi) is 2.45. The number of hydrogen-bond acceptors (Lipinski definition) is 2. The molecule has 54 valence electrons. The zero-order valence-corrected chi connectivity index (χ0v) is 7.87. The standard InChI is InChI=1S/C6H7BrN2S/c1-9-6(8)4-2-3-5(7)10-4/h2-3H,1H3,(H2,8,9). The van der Waals surface area contributed by atoms with Gasteiger partial charge in [0.05, 0.1) is 8.66 Å². The van der Waals surface area contributed by atoms with Gasteiger partial charge in [-0.3, -0.25) is 4.99 Å². The molecular formula is C6H7BrN2S. The minimum Gasteiger partial charge on any atom is -0.383 e. The summed E-state index contributed by atoms with van der Waals surface area (Å²) in [7, 11) is 1.68. The zero-order valence-electron chi connectivity index (χ0n) is 5.47. The van der Waals surface area contributed by atoms with Gasteiger partial charge in [0.2, 0.25) is 0 Å². The summed E-state index contributed by atoms with van der Waals surface area (Å²) in [5, 5.41) is 0. The quantitative estimate of drug-likeness (QED) is 0.568. The Bertz CT molecular complexity index is 254. The molecule has 4 heteroatoms. The first-order valence-corrected chi connectivity index (χ1v) is 4.33. The first-order valence-electron chi connectivity index (χ1n) is 2.72. The van der Waals surface area contributed by atoms with Gasteiger partial charge in [-0.05, 0) is 28.1 Å². The number of halogens is 1. The Morgan fingerprint density at radius 2 is 2.40 bits per heavy atom. The summed E-state index contributed by atoms with van der Waals surface area (Å²) in [5.74, 6) is 0.593. The van der Waals surface area contributed by atoms with Gasteiger partial charge in [-0.1, -0.05) is 0 Å². The van der Waals surface area contributed by atoms with Crippen LogP contribution in [0.15, 0.2) is 20.9 Å². The van der Waals surface area contributed by atoms with E-state index in [0.29, 0.717) is 5.84 Å². The summed E-state index contributed by atoms with van der Waals surface area (Å²) in [6.45, 7) is 0. The van der Waals surface area contributed by atoms with Crippen molar-refractivity contribution in [1.29, 1.82) is 0 Å². The van der Waals surface area contributed by atoms with Gasteiger partial charge in [-0.25, -0.2) is 0 Å². The van der Waals surface area contributed by atoms with E-state index in [4.69, 9.17) is 5.73 Å². The van der Waals surface area contributed by atoms with E-state index < -0.39 is 0 Å². The van der Waals surface area contributed by atoms with Gasteiger partial charge in [0.1, 0.15) is 5.84 Å². The van der Waals surface area contributed by atoms with Gasteiger partial charge in [0.15, 0.2) is 0 Å². The molecule has 0 bridgehead atoms. The maximum absolute atomic E-state index is 5.55. The average molecular weight is 219 g/mol. The lowest BCUT2D eigenvalue weighted by Crippen LogP contribution is -2.10. The summed E-state index contributed by atoms with van der Waals surface area (Å²) in [5.41, 5.74) is 5.55. The molecule has 2 N–H and O–H groups in total. The first-order chi connectivity index (χ1) is 4.74. The Morgan fingerprint density at radius 3 is 2.80 bits per heavy atom. The summed E-state index contributed by atoms with van der Waals surface area (Å²) >= 11 is 4.92. The van der Waals surface area contributed by atoms with Gasteiger partial charge in [-0.15, -0.1) is 11.3 Å². The molecule has 1 aromatic heterocycles. The van der Waals surface area contributed by atoms with Gasteiger partial charge < -0.3 is 5.73 Å². The van der Waals surface area contributed by atoms with Crippen LogP contribution >= 0.6 is 27.3 Å². The number of nitrogens with zero attached hydrogens (tertiary/aromatic N) is 1. The molecule has 0 aromatic carbocycles. The molecule has 0 saturated heterocycles. The lowest BCUT2D eigenvalue weighted by Gasteiger charge is -1.89. The largest absolute Gasteiger partial charge is 0.383 e. The minimum absolute atomic E-state index is 0.593. The van der Waals surface area contributed by atoms with E-state index in [-0.39, 0.29) is 0 Å². The van der Waals surface area contributed by atoms with Crippen molar-refractivity contribution in [3.05, 3.63) is 20.8 Å². The first kappa shape index (κ1) is 7.75. The van der Waals surface area contributed by atoms with Crippen LogP contribution in [0.1, 0.15) is 4.88 Å². The molecule has 1 rings (SSSR count). The van der Waals surface area contributed by atoms with Crippen LogP contribution in [-0.2, 0) is 0 Å². The fraction of sp³-hybridized carbons (Fsp3) is 0.167. The Morgan fingerprint density at radius 1 is 1.70 bits per heavy atom. The second kappa shape index (κ2) is 3.16. The second-order valence-corrected chi connectivity index (χ2v) is 4.18. The van der Waals surface area contributed by atoms with Crippen LogP contribution in [-0.4, -0.2) is 12.9 Å². The van der Waals surface area contributed by atoms with Gasteiger partial charge in [-0.2, -0.15) is 0 Å². The predicted octanol–water partition coefficient (Wildman–Crippen LogP) is 1.85. The van der Waals surface area contributed by atoms with Crippen molar-refractivity contribution >= 4 is 33.1 Å². The highest BCUT2D eigenvalue weighted by Gasteiger charge is 1.99. The molecule has 1 aromatic rings. The molecule has 2 nitrogen and oxygen atoms in total. The lowest BCUT2D eigenvalue weighted by atomic mass is 10.4. The zero-order chi connectivity index (χ0) is 7.56. The molecule has 0 unspecified atom stereocenters. The van der Waals surface area contributed by atoms with Crippen molar-refractivity contribution in [1.82, 2.24) is 0 Å². The van der Waals surface area contributed by atoms with Gasteiger partial charge >= 0.3 is 0 Å². The Labute approximate surface area is 71.9 Å². The van der Waals surface area contributed by atoms with Crippen molar-refractivity contribution < 1.29 is 0 Å². The molecule has 0 saturated carbocycles. The highest BCUT2D eigenvalue weighted by molar-refractivity contribution is 9.11. The van der Waals surface area contributed by atoms with E-state index in [0.717, 1.165) is 8.66 Å². The highest BCUT2D eigenvalue weighted by atomic mass is 79.9. The van der Waals surface area contributed by atoms with Crippen LogP contribution in [0.3, 0.4) is 0 Å². The third kappa shape index (κ3) is 1.58. The van der Waals surface area contributed by atoms with Crippen molar-refractivity contribution in [3.63, 3.8) is 0 Å². The maximum atomic E-state index is 5.55. The van der Waals surface area contributed by atoms with Crippen LogP contribution in [0, 0.1) is 0 Å². The average Bonchev–Trinajstić information content (AvgIpc) is 2.34. The van der Waals surface area contributed by atoms with Crippen LogP contribution in [0.4, 0.5) is 0 Å². The fourth-order valence-corrected chi connectivity index (χ4v) is 1.90. The van der Waals surface area contributed by atoms with E-state index in [1.165, 1.54) is 0 Å². The van der Waals surface area contributed by atoms with Crippen LogP contribution < -0.4 is 5.73 Å². The van der Waals surface area contributed by atoms with E-state index in [1.54, 1.807) is 18.4 Å². The highest BCUT2D eigenvalue weighted by Crippen LogP contribution is 2.21. The monoisotopic (exact) mass is 218 g/mol. The minimum atomic E-state index is 0.593. The number of rotatable bonds is 1. The summed E-state index contributed by atoms with van der Waals surface area (Å²) in [6, 6.07) is 3.90. The predicted molar refractivity (Wildman–Crippen MR) is 48.7 cm³/mol. The SMILES string of the molecule is CN=C(N)c1ccc(Br)s1. The smallest absolute Gasteiger partial charge is 0.135 e. The molecule has 1 heterocycles. The topological polar surface area (TPSA) is 38.4 Å². The van der Waals surface area contributed by atoms with E-state index in [1.807, 2.05) is 12.1 Å². The molecule has 0 fully saturated rings. The summed E-state index contributed by atoms with van der Waals surface area (Å²) in [6.07, 6.45) is 0. The maximum Gasteiger partial charge on any atom is 0.135 e. The molecule has 10 heavy (non-hydrogen) atoms. The third-order valence-electron chi connectivity index (χ3n) is 1.07.